The summed E-state index contributed by atoms with van der Waals surface area (Å²) in [5.41, 5.74) is 1.73. The Hall–Kier alpha value is -1.60. The number of hydrogen-bond donors (Lipinski definition) is 0. The van der Waals surface area contributed by atoms with E-state index in [2.05, 4.69) is 6.07 Å². The first kappa shape index (κ1) is 8.97. The zero-order valence-electron chi connectivity index (χ0n) is 7.43. The van der Waals surface area contributed by atoms with Gasteiger partial charge in [-0.3, -0.25) is 4.57 Å². The molecule has 0 atom stereocenters. The van der Waals surface area contributed by atoms with Crippen LogP contribution in [0.2, 0.25) is 0 Å². The minimum absolute atomic E-state index is 0.432. The Balaban J connectivity index is 2.58. The molecule has 0 aliphatic rings. The first-order chi connectivity index (χ1) is 6.83. The van der Waals surface area contributed by atoms with Crippen LogP contribution >= 0.6 is 12.2 Å². The fourth-order valence-corrected chi connectivity index (χ4v) is 1.67. The molecular weight excluding hydrogens is 196 g/mol. The van der Waals surface area contributed by atoms with Crippen molar-refractivity contribution in [3.05, 3.63) is 29.1 Å². The number of oxazole rings is 1. The second-order valence-electron chi connectivity index (χ2n) is 2.90. The Labute approximate surface area is 86.2 Å². The molecule has 0 aliphatic carbocycles. The number of aromatic nitrogens is 1. The smallest absolute Gasteiger partial charge is 0.269 e. The minimum Gasteiger partial charge on any atom is -0.429 e. The second kappa shape index (κ2) is 3.64. The Morgan fingerprint density at radius 1 is 1.43 bits per heavy atom. The molecule has 1 heterocycles. The predicted molar refractivity (Wildman–Crippen MR) is 55.3 cm³/mol. The van der Waals surface area contributed by atoms with Gasteiger partial charge in [0.05, 0.1) is 18.0 Å². The molecule has 0 unspecified atom stereocenters. The van der Waals surface area contributed by atoms with E-state index in [1.807, 2.05) is 28.8 Å². The van der Waals surface area contributed by atoms with Crippen LogP contribution in [0, 0.1) is 16.2 Å². The summed E-state index contributed by atoms with van der Waals surface area (Å²) in [5.74, 6) is 0. The minimum atomic E-state index is 0.432. The van der Waals surface area contributed by atoms with Gasteiger partial charge in [0.15, 0.2) is 5.58 Å². The van der Waals surface area contributed by atoms with E-state index in [0.717, 1.165) is 11.1 Å². The standard InChI is InChI=1S/C10H8N2OS/c11-6-3-7-12-8-4-1-2-5-9(8)13-10(12)14/h1-2,4-5H,3,7H2. The van der Waals surface area contributed by atoms with Gasteiger partial charge in [0.1, 0.15) is 0 Å². The maximum Gasteiger partial charge on any atom is 0.269 e. The lowest BCUT2D eigenvalue weighted by Crippen LogP contribution is -1.95. The number of nitrogens with zero attached hydrogens (tertiary/aromatic N) is 2. The summed E-state index contributed by atoms with van der Waals surface area (Å²) in [6.07, 6.45) is 0.442. The molecule has 1 aromatic heterocycles. The van der Waals surface area contributed by atoms with Crippen LogP contribution in [0.1, 0.15) is 6.42 Å². The van der Waals surface area contributed by atoms with Gasteiger partial charge in [-0.15, -0.1) is 0 Å². The summed E-state index contributed by atoms with van der Waals surface area (Å²) < 4.78 is 7.21. The van der Waals surface area contributed by atoms with Gasteiger partial charge >= 0.3 is 0 Å². The van der Waals surface area contributed by atoms with E-state index >= 15 is 0 Å². The molecule has 70 valence electrons. The molecule has 0 fully saturated rings. The number of para-hydroxylation sites is 2. The van der Waals surface area contributed by atoms with Crippen molar-refractivity contribution in [1.82, 2.24) is 4.57 Å². The van der Waals surface area contributed by atoms with E-state index < -0.39 is 0 Å². The largest absolute Gasteiger partial charge is 0.429 e. The summed E-state index contributed by atoms with van der Waals surface area (Å²) in [7, 11) is 0. The Bertz CT molecular complexity index is 547. The Morgan fingerprint density at radius 3 is 3.00 bits per heavy atom. The number of hydrogen-bond acceptors (Lipinski definition) is 3. The molecule has 0 aliphatic heterocycles. The van der Waals surface area contributed by atoms with Crippen LogP contribution in [-0.4, -0.2) is 4.57 Å². The summed E-state index contributed by atoms with van der Waals surface area (Å²) >= 11 is 5.05. The quantitative estimate of drug-likeness (QED) is 0.706. The maximum absolute atomic E-state index is 8.50. The molecule has 14 heavy (non-hydrogen) atoms. The normalized spacial score (nSPS) is 10.2. The molecule has 2 rings (SSSR count). The van der Waals surface area contributed by atoms with Crippen LogP contribution in [0.5, 0.6) is 0 Å². The summed E-state index contributed by atoms with van der Waals surface area (Å²) in [6.45, 7) is 0.590. The molecule has 4 heteroatoms. The van der Waals surface area contributed by atoms with Crippen LogP contribution in [0.15, 0.2) is 28.7 Å². The van der Waals surface area contributed by atoms with E-state index in [-0.39, 0.29) is 0 Å². The molecule has 0 N–H and O–H groups in total. The SMILES string of the molecule is N#CCCn1c(=S)oc2ccccc21. The lowest BCUT2D eigenvalue weighted by Gasteiger charge is -1.97. The van der Waals surface area contributed by atoms with Gasteiger partial charge < -0.3 is 4.42 Å². The third-order valence-corrected chi connectivity index (χ3v) is 2.32. The molecule has 1 aromatic carbocycles. The fourth-order valence-electron chi connectivity index (χ4n) is 1.39. The molecular formula is C10H8N2OS. The highest BCUT2D eigenvalue weighted by atomic mass is 32.1. The van der Waals surface area contributed by atoms with E-state index in [1.54, 1.807) is 0 Å². The van der Waals surface area contributed by atoms with Crippen LogP contribution in [-0.2, 0) is 6.54 Å². The molecule has 0 amide bonds. The average molecular weight is 204 g/mol. The number of rotatable bonds is 2. The van der Waals surface area contributed by atoms with Crippen molar-refractivity contribution in [3.8, 4) is 6.07 Å². The van der Waals surface area contributed by atoms with Gasteiger partial charge in [-0.05, 0) is 24.4 Å². The van der Waals surface area contributed by atoms with E-state index in [0.29, 0.717) is 17.8 Å². The highest BCUT2D eigenvalue weighted by molar-refractivity contribution is 7.71. The van der Waals surface area contributed by atoms with Crippen molar-refractivity contribution in [2.24, 2.45) is 0 Å². The van der Waals surface area contributed by atoms with Crippen molar-refractivity contribution in [3.63, 3.8) is 0 Å². The summed E-state index contributed by atoms with van der Waals surface area (Å²) in [4.78, 5) is 0.432. The highest BCUT2D eigenvalue weighted by Crippen LogP contribution is 2.16. The predicted octanol–water partition coefficient (Wildman–Crippen LogP) is 2.88. The topological polar surface area (TPSA) is 41.9 Å². The maximum atomic E-state index is 8.50. The number of benzene rings is 1. The van der Waals surface area contributed by atoms with Crippen molar-refractivity contribution < 1.29 is 4.42 Å². The van der Waals surface area contributed by atoms with Gasteiger partial charge in [-0.25, -0.2) is 0 Å². The molecule has 2 aromatic rings. The van der Waals surface area contributed by atoms with Crippen molar-refractivity contribution in [2.45, 2.75) is 13.0 Å². The van der Waals surface area contributed by atoms with Gasteiger partial charge in [-0.1, -0.05) is 12.1 Å². The molecule has 0 saturated carbocycles. The molecule has 0 saturated heterocycles. The third kappa shape index (κ3) is 1.42. The van der Waals surface area contributed by atoms with Crippen LogP contribution in [0.3, 0.4) is 0 Å². The lowest BCUT2D eigenvalue weighted by atomic mass is 10.3. The van der Waals surface area contributed by atoms with Crippen LogP contribution in [0.25, 0.3) is 11.1 Å². The number of nitriles is 1. The first-order valence-electron chi connectivity index (χ1n) is 4.28. The lowest BCUT2D eigenvalue weighted by molar-refractivity contribution is 0.538. The fraction of sp³-hybridized carbons (Fsp3) is 0.200. The molecule has 0 bridgehead atoms. The van der Waals surface area contributed by atoms with Crippen molar-refractivity contribution in [1.29, 1.82) is 5.26 Å². The highest BCUT2D eigenvalue weighted by Gasteiger charge is 2.04. The molecule has 0 spiro atoms. The number of fused-ring (bicyclic) bond motifs is 1. The molecule has 0 radical (unpaired) electrons. The average Bonchev–Trinajstić information content (AvgIpc) is 2.51. The molecule has 3 nitrogen and oxygen atoms in total. The van der Waals surface area contributed by atoms with Crippen molar-refractivity contribution in [2.75, 3.05) is 0 Å². The van der Waals surface area contributed by atoms with Gasteiger partial charge in [-0.2, -0.15) is 5.26 Å². The van der Waals surface area contributed by atoms with Gasteiger partial charge in [0.2, 0.25) is 0 Å². The first-order valence-corrected chi connectivity index (χ1v) is 4.69. The Kier molecular flexibility index (Phi) is 2.33. The van der Waals surface area contributed by atoms with Crippen LogP contribution in [0.4, 0.5) is 0 Å². The number of aryl methyl sites for hydroxylation is 1. The zero-order valence-corrected chi connectivity index (χ0v) is 8.25. The monoisotopic (exact) mass is 204 g/mol. The van der Waals surface area contributed by atoms with Crippen molar-refractivity contribution >= 4 is 23.3 Å². The van der Waals surface area contributed by atoms with E-state index in [9.17, 15) is 0 Å². The van der Waals surface area contributed by atoms with Gasteiger partial charge in [0.25, 0.3) is 4.84 Å². The zero-order chi connectivity index (χ0) is 9.97. The van der Waals surface area contributed by atoms with E-state index in [1.165, 1.54) is 0 Å². The van der Waals surface area contributed by atoms with Crippen LogP contribution < -0.4 is 0 Å². The van der Waals surface area contributed by atoms with E-state index in [4.69, 9.17) is 21.9 Å². The van der Waals surface area contributed by atoms with Gasteiger partial charge in [0, 0.05) is 6.54 Å². The Morgan fingerprint density at radius 2 is 2.21 bits per heavy atom. The third-order valence-electron chi connectivity index (χ3n) is 2.02. The summed E-state index contributed by atoms with van der Waals surface area (Å²) in [5, 5.41) is 8.50. The second-order valence-corrected chi connectivity index (χ2v) is 3.24. The summed E-state index contributed by atoms with van der Waals surface area (Å²) in [6, 6.07) is 9.72.